The number of aromatic hydroxyl groups is 3. The van der Waals surface area contributed by atoms with E-state index in [9.17, 15) is 73.5 Å². The first-order valence-electron chi connectivity index (χ1n) is 28.1. The Morgan fingerprint density at radius 3 is 1.09 bits per heavy atom. The minimum atomic E-state index is -1.78. The van der Waals surface area contributed by atoms with Crippen molar-refractivity contribution in [2.75, 3.05) is 13.1 Å². The molecular formula is C62H76N10O15. The first-order chi connectivity index (χ1) is 41.3. The van der Waals surface area contributed by atoms with Crippen molar-refractivity contribution in [1.29, 1.82) is 0 Å². The lowest BCUT2D eigenvalue weighted by Crippen LogP contribution is -2.61. The lowest BCUT2D eigenvalue weighted by Gasteiger charge is -2.27. The van der Waals surface area contributed by atoms with Crippen LogP contribution in [0.15, 0.2) is 133 Å². The number of phenols is 3. The lowest BCUT2D eigenvalue weighted by atomic mass is 10.0. The maximum Gasteiger partial charge on any atom is 0.326 e. The van der Waals surface area contributed by atoms with Gasteiger partial charge in [-0.25, -0.2) is 4.79 Å². The molecule has 464 valence electrons. The van der Waals surface area contributed by atoms with Gasteiger partial charge in [0.05, 0.1) is 25.2 Å². The van der Waals surface area contributed by atoms with Crippen LogP contribution in [0.2, 0.25) is 0 Å². The number of aliphatic hydroxyl groups excluding tert-OH is 1. The quantitative estimate of drug-likeness (QED) is 0.0265. The van der Waals surface area contributed by atoms with Crippen LogP contribution in [-0.4, -0.2) is 152 Å². The van der Waals surface area contributed by atoms with Gasteiger partial charge in [0.25, 0.3) is 0 Å². The summed E-state index contributed by atoms with van der Waals surface area (Å²) in [5, 5.41) is 72.8. The number of hydrogen-bond acceptors (Lipinski definition) is 15. The summed E-state index contributed by atoms with van der Waals surface area (Å²) < 4.78 is 0. The molecule has 0 fully saturated rings. The summed E-state index contributed by atoms with van der Waals surface area (Å²) in [7, 11) is 0. The Labute approximate surface area is 502 Å². The average molecular weight is 1200 g/mol. The molecule has 0 unspecified atom stereocenters. The number of carboxylic acid groups (broad SMARTS) is 1. The monoisotopic (exact) mass is 1200 g/mol. The van der Waals surface area contributed by atoms with Gasteiger partial charge in [-0.2, -0.15) is 0 Å². The molecule has 0 aliphatic heterocycles. The van der Waals surface area contributed by atoms with E-state index >= 15 is 0 Å². The van der Waals surface area contributed by atoms with Crippen molar-refractivity contribution in [2.45, 2.75) is 121 Å². The van der Waals surface area contributed by atoms with Crippen molar-refractivity contribution in [3.8, 4) is 17.2 Å². The highest BCUT2D eigenvalue weighted by atomic mass is 16.4. The van der Waals surface area contributed by atoms with E-state index in [4.69, 9.17) is 5.73 Å². The third-order valence-electron chi connectivity index (χ3n) is 13.6. The highest BCUT2D eigenvalue weighted by Gasteiger charge is 2.34. The molecule has 9 amide bonds. The molecule has 5 aromatic carbocycles. The Morgan fingerprint density at radius 1 is 0.391 bits per heavy atom. The van der Waals surface area contributed by atoms with Gasteiger partial charge in [0.2, 0.25) is 53.2 Å². The normalized spacial score (nSPS) is 14.1. The maximum absolute atomic E-state index is 14.2. The van der Waals surface area contributed by atoms with Crippen molar-refractivity contribution in [3.05, 3.63) is 161 Å². The first-order valence-corrected chi connectivity index (χ1v) is 28.1. The van der Waals surface area contributed by atoms with Gasteiger partial charge in [-0.05, 0) is 90.4 Å². The Kier molecular flexibility index (Phi) is 26.2. The van der Waals surface area contributed by atoms with Crippen molar-refractivity contribution in [2.24, 2.45) is 11.7 Å². The number of nitrogens with one attached hydrogen (secondary N) is 9. The van der Waals surface area contributed by atoms with Gasteiger partial charge in [0.1, 0.15) is 59.5 Å². The lowest BCUT2D eigenvalue weighted by molar-refractivity contribution is -0.142. The largest absolute Gasteiger partial charge is 0.508 e. The zero-order valence-electron chi connectivity index (χ0n) is 48.5. The number of hydrogen-bond donors (Lipinski definition) is 15. The molecule has 87 heavy (non-hydrogen) atoms. The summed E-state index contributed by atoms with van der Waals surface area (Å²) in [6.07, 6.45) is -2.02. The first kappa shape index (κ1) is 67.9. The number of rotatable bonds is 32. The van der Waals surface area contributed by atoms with E-state index in [-0.39, 0.29) is 55.3 Å². The standard InChI is InChI=1S/C62H76N10O15/c1-35(2)27-46(63)56(80)69-47(30-40-15-21-43(74)22-16-40)57(81)64-34-53(78)68-50(29-39-13-9-6-10-14-39)60(84)72-54(37(4)73)61(85)70-48(31-41-17-23-44(75)24-18-41)58(82)65-33-52(77)67-49(28-38-11-7-5-8-12-38)59(83)66-36(3)55(79)71-51(62(86)87)32-42-19-25-45(76)26-20-42/h5-26,35-37,46-51,54,73-76H,27-34,63H2,1-4H3,(H,64,81)(H,65,82)(H,66,83)(H,67,77)(H,68,78)(H,69,80)(H,70,85)(H,71,79)(H,72,84)(H,86,87)/t36-,37+,46-,47-,48-,49-,50-,51-,54-/m0/s1. The molecule has 0 bridgehead atoms. The van der Waals surface area contributed by atoms with E-state index in [2.05, 4.69) is 47.9 Å². The second-order valence-corrected chi connectivity index (χ2v) is 21.4. The summed E-state index contributed by atoms with van der Waals surface area (Å²) in [4.78, 5) is 136. The molecule has 0 aliphatic rings. The summed E-state index contributed by atoms with van der Waals surface area (Å²) in [6.45, 7) is 4.79. The van der Waals surface area contributed by atoms with Gasteiger partial charge in [0, 0.05) is 32.1 Å². The summed E-state index contributed by atoms with van der Waals surface area (Å²) in [6, 6.07) is 23.1. The van der Waals surface area contributed by atoms with Crippen LogP contribution in [0, 0.1) is 5.92 Å². The van der Waals surface area contributed by atoms with Crippen LogP contribution >= 0.6 is 0 Å². The Morgan fingerprint density at radius 2 is 0.724 bits per heavy atom. The maximum atomic E-state index is 14.2. The Balaban J connectivity index is 1.27. The molecule has 9 atom stereocenters. The van der Waals surface area contributed by atoms with E-state index in [1.54, 1.807) is 72.8 Å². The Bertz CT molecular complexity index is 3130. The predicted octanol–water partition coefficient (Wildman–Crippen LogP) is -0.199. The molecule has 16 N–H and O–H groups in total. The second-order valence-electron chi connectivity index (χ2n) is 21.4. The van der Waals surface area contributed by atoms with Crippen LogP contribution in [0.4, 0.5) is 0 Å². The fraction of sp³-hybridized carbons (Fsp3) is 0.355. The number of phenolic OH excluding ortho intramolecular Hbond substituents is 3. The van der Waals surface area contributed by atoms with Crippen LogP contribution < -0.4 is 53.6 Å². The predicted molar refractivity (Wildman–Crippen MR) is 318 cm³/mol. The number of carboxylic acids is 1. The van der Waals surface area contributed by atoms with Gasteiger partial charge in [-0.15, -0.1) is 0 Å². The van der Waals surface area contributed by atoms with Crippen LogP contribution in [0.1, 0.15) is 61.9 Å². The van der Waals surface area contributed by atoms with Gasteiger partial charge >= 0.3 is 5.97 Å². The van der Waals surface area contributed by atoms with Gasteiger partial charge in [0.15, 0.2) is 0 Å². The third kappa shape index (κ3) is 23.2. The molecule has 5 rings (SSSR count). The van der Waals surface area contributed by atoms with Gasteiger partial charge < -0.3 is 79.1 Å². The zero-order chi connectivity index (χ0) is 63.7. The summed E-state index contributed by atoms with van der Waals surface area (Å²) in [5.41, 5.74) is 8.72. The number of amides is 9. The van der Waals surface area contributed by atoms with Crippen LogP contribution in [-0.2, 0) is 80.0 Å². The second kappa shape index (κ2) is 33.6. The molecule has 0 aliphatic carbocycles. The topological polar surface area (TPSA) is 406 Å². The highest BCUT2D eigenvalue weighted by Crippen LogP contribution is 2.16. The van der Waals surface area contributed by atoms with Crippen molar-refractivity contribution >= 4 is 59.1 Å². The fourth-order valence-corrected chi connectivity index (χ4v) is 8.90. The molecule has 0 saturated heterocycles. The molecular weight excluding hydrogens is 1120 g/mol. The molecule has 25 nitrogen and oxygen atoms in total. The minimum Gasteiger partial charge on any atom is -0.508 e. The minimum absolute atomic E-state index is 0.0254. The van der Waals surface area contributed by atoms with Crippen LogP contribution in [0.5, 0.6) is 17.2 Å². The molecule has 25 heteroatoms. The van der Waals surface area contributed by atoms with Crippen molar-refractivity contribution < 1.29 is 73.5 Å². The SMILES string of the molecule is CC(C)C[C@H](N)C(=O)N[C@@H](Cc1ccc(O)cc1)C(=O)NCC(=O)N[C@@H](Cc1ccccc1)C(=O)N[C@H](C(=O)N[C@@H](Cc1ccc(O)cc1)C(=O)NCC(=O)N[C@@H](Cc1ccccc1)C(=O)N[C@@H](C)C(=O)N[C@@H](Cc1ccc(O)cc1)C(=O)O)[C@@H](C)O. The molecule has 0 heterocycles. The van der Waals surface area contributed by atoms with E-state index < -0.39 is 127 Å². The van der Waals surface area contributed by atoms with Gasteiger partial charge in [-0.1, -0.05) is 111 Å². The number of carbonyl (C=O) groups excluding carboxylic acids is 9. The van der Waals surface area contributed by atoms with E-state index in [1.807, 2.05) is 13.8 Å². The number of aliphatic hydroxyl groups is 1. The number of benzene rings is 5. The molecule has 0 radical (unpaired) electrons. The smallest absolute Gasteiger partial charge is 0.326 e. The van der Waals surface area contributed by atoms with Crippen LogP contribution in [0.3, 0.4) is 0 Å². The Hall–Kier alpha value is -9.88. The molecule has 0 saturated carbocycles. The fourth-order valence-electron chi connectivity index (χ4n) is 8.90. The van der Waals surface area contributed by atoms with Crippen molar-refractivity contribution in [3.63, 3.8) is 0 Å². The molecule has 0 spiro atoms. The van der Waals surface area contributed by atoms with E-state index in [0.29, 0.717) is 34.2 Å². The third-order valence-corrected chi connectivity index (χ3v) is 13.6. The highest BCUT2D eigenvalue weighted by molar-refractivity contribution is 5.98. The van der Waals surface area contributed by atoms with Crippen molar-refractivity contribution in [1.82, 2.24) is 47.9 Å². The van der Waals surface area contributed by atoms with Gasteiger partial charge in [-0.3, -0.25) is 43.2 Å². The molecule has 0 aromatic heterocycles. The average Bonchev–Trinajstić information content (AvgIpc) is 3.32. The zero-order valence-corrected chi connectivity index (χ0v) is 48.5. The number of nitrogens with two attached hydrogens (primary N) is 1. The summed E-state index contributed by atoms with van der Waals surface area (Å²) in [5.74, 6) is -9.31. The summed E-state index contributed by atoms with van der Waals surface area (Å²) >= 11 is 0. The molecule has 5 aromatic rings. The number of aliphatic carboxylic acids is 1. The van der Waals surface area contributed by atoms with E-state index in [0.717, 1.165) is 0 Å². The number of carbonyl (C=O) groups is 10. The van der Waals surface area contributed by atoms with Crippen LogP contribution in [0.25, 0.3) is 0 Å². The van der Waals surface area contributed by atoms with E-state index in [1.165, 1.54) is 74.5 Å².